The Morgan fingerprint density at radius 3 is 2.62 bits per heavy atom. The summed E-state index contributed by atoms with van der Waals surface area (Å²) in [6.45, 7) is 3.88. The monoisotopic (exact) mass is 194 g/mol. The van der Waals surface area contributed by atoms with E-state index in [0.29, 0.717) is 0 Å². The fourth-order valence-electron chi connectivity index (χ4n) is 1.22. The Balaban J connectivity index is 2.75. The minimum atomic E-state index is 0.759. The van der Waals surface area contributed by atoms with Gasteiger partial charge in [-0.15, -0.1) is 0 Å². The molecule has 5 heteroatoms. The van der Waals surface area contributed by atoms with E-state index < -0.39 is 0 Å². The van der Waals surface area contributed by atoms with Gasteiger partial charge >= 0.3 is 0 Å². The van der Waals surface area contributed by atoms with E-state index in [1.54, 1.807) is 0 Å². The molecule has 0 aromatic carbocycles. The Morgan fingerprint density at radius 2 is 1.92 bits per heavy atom. The van der Waals surface area contributed by atoms with Crippen LogP contribution in [0.1, 0.15) is 11.5 Å². The van der Waals surface area contributed by atoms with E-state index in [9.17, 15) is 0 Å². The summed E-state index contributed by atoms with van der Waals surface area (Å²) in [6.07, 6.45) is 1.96. The number of thioether (sulfide) groups is 1. The summed E-state index contributed by atoms with van der Waals surface area (Å²) in [5.74, 6) is 0.880. The number of fused-ring (bicyclic) bond motifs is 1. The van der Waals surface area contributed by atoms with Gasteiger partial charge in [-0.05, 0) is 20.1 Å². The SMILES string of the molecule is CSc1nc(C)c2[nH]c(C)nc2n1. The lowest BCUT2D eigenvalue weighted by atomic mass is 10.4. The van der Waals surface area contributed by atoms with E-state index in [-0.39, 0.29) is 0 Å². The van der Waals surface area contributed by atoms with Crippen LogP contribution in [0.3, 0.4) is 0 Å². The van der Waals surface area contributed by atoms with Gasteiger partial charge in [-0.1, -0.05) is 11.8 Å². The number of hydrogen-bond donors (Lipinski definition) is 1. The van der Waals surface area contributed by atoms with Crippen LogP contribution < -0.4 is 0 Å². The molecule has 2 heterocycles. The molecule has 0 bridgehead atoms. The summed E-state index contributed by atoms with van der Waals surface area (Å²) in [5, 5.41) is 0.775. The molecule has 0 fully saturated rings. The van der Waals surface area contributed by atoms with Crippen molar-refractivity contribution in [2.24, 2.45) is 0 Å². The van der Waals surface area contributed by atoms with Crippen LogP contribution in [0.2, 0.25) is 0 Å². The fourth-order valence-corrected chi connectivity index (χ4v) is 1.62. The average Bonchev–Trinajstić information content (AvgIpc) is 2.46. The van der Waals surface area contributed by atoms with Crippen LogP contribution in [-0.2, 0) is 0 Å². The molecule has 0 unspecified atom stereocenters. The quantitative estimate of drug-likeness (QED) is 0.554. The van der Waals surface area contributed by atoms with Gasteiger partial charge in [-0.3, -0.25) is 0 Å². The van der Waals surface area contributed by atoms with Crippen molar-refractivity contribution in [3.8, 4) is 0 Å². The average molecular weight is 194 g/mol. The van der Waals surface area contributed by atoms with Gasteiger partial charge in [0.2, 0.25) is 0 Å². The first-order chi connectivity index (χ1) is 6.20. The largest absolute Gasteiger partial charge is 0.339 e. The molecule has 0 aliphatic rings. The number of H-pyrrole nitrogens is 1. The van der Waals surface area contributed by atoms with Crippen molar-refractivity contribution in [3.05, 3.63) is 11.5 Å². The Bertz CT molecular complexity index is 449. The van der Waals surface area contributed by atoms with Gasteiger partial charge in [0.05, 0.1) is 5.69 Å². The third-order valence-corrected chi connectivity index (χ3v) is 2.36. The van der Waals surface area contributed by atoms with Gasteiger partial charge in [-0.25, -0.2) is 15.0 Å². The Morgan fingerprint density at radius 1 is 1.15 bits per heavy atom. The van der Waals surface area contributed by atoms with Crippen molar-refractivity contribution in [3.63, 3.8) is 0 Å². The maximum Gasteiger partial charge on any atom is 0.189 e. The molecule has 1 N–H and O–H groups in total. The highest BCUT2D eigenvalue weighted by Gasteiger charge is 2.06. The van der Waals surface area contributed by atoms with E-state index >= 15 is 0 Å². The zero-order chi connectivity index (χ0) is 9.42. The molecule has 0 atom stereocenters. The van der Waals surface area contributed by atoms with Gasteiger partial charge in [0, 0.05) is 0 Å². The Hall–Kier alpha value is -1.10. The first kappa shape index (κ1) is 8.50. The molecular weight excluding hydrogens is 184 g/mol. The lowest BCUT2D eigenvalue weighted by molar-refractivity contribution is 0.963. The molecule has 0 saturated heterocycles. The number of nitrogens with zero attached hydrogens (tertiary/aromatic N) is 3. The third kappa shape index (κ3) is 1.39. The van der Waals surface area contributed by atoms with Crippen LogP contribution in [0.25, 0.3) is 11.2 Å². The van der Waals surface area contributed by atoms with Gasteiger partial charge < -0.3 is 4.98 Å². The minimum Gasteiger partial charge on any atom is -0.339 e. The topological polar surface area (TPSA) is 54.5 Å². The molecule has 0 aliphatic carbocycles. The second-order valence-corrected chi connectivity index (χ2v) is 3.59. The number of nitrogens with one attached hydrogen (secondary N) is 1. The van der Waals surface area contributed by atoms with Crippen LogP contribution in [0.4, 0.5) is 0 Å². The van der Waals surface area contributed by atoms with Gasteiger partial charge in [0.25, 0.3) is 0 Å². The van der Waals surface area contributed by atoms with Crippen LogP contribution in [-0.4, -0.2) is 26.2 Å². The number of imidazole rings is 1. The summed E-state index contributed by atoms with van der Waals surface area (Å²) in [6, 6.07) is 0. The van der Waals surface area contributed by atoms with Gasteiger partial charge in [0.15, 0.2) is 10.8 Å². The zero-order valence-corrected chi connectivity index (χ0v) is 8.57. The summed E-state index contributed by atoms with van der Waals surface area (Å²) < 4.78 is 0. The molecule has 4 nitrogen and oxygen atoms in total. The van der Waals surface area contributed by atoms with Crippen molar-refractivity contribution in [1.29, 1.82) is 0 Å². The maximum absolute atomic E-state index is 4.31. The van der Waals surface area contributed by atoms with E-state index in [4.69, 9.17) is 0 Å². The molecule has 0 saturated carbocycles. The van der Waals surface area contributed by atoms with Crippen molar-refractivity contribution in [1.82, 2.24) is 19.9 Å². The van der Waals surface area contributed by atoms with Crippen LogP contribution >= 0.6 is 11.8 Å². The van der Waals surface area contributed by atoms with Crippen LogP contribution in [0, 0.1) is 13.8 Å². The minimum absolute atomic E-state index is 0.759. The van der Waals surface area contributed by atoms with Crippen molar-refractivity contribution < 1.29 is 0 Å². The molecule has 68 valence electrons. The smallest absolute Gasteiger partial charge is 0.189 e. The second kappa shape index (κ2) is 2.99. The zero-order valence-electron chi connectivity index (χ0n) is 7.75. The predicted octanol–water partition coefficient (Wildman–Crippen LogP) is 1.69. The molecule has 0 spiro atoms. The Labute approximate surface area is 80.2 Å². The first-order valence-corrected chi connectivity index (χ1v) is 5.18. The van der Waals surface area contributed by atoms with E-state index in [1.165, 1.54) is 11.8 Å². The van der Waals surface area contributed by atoms with Crippen molar-refractivity contribution in [2.45, 2.75) is 19.0 Å². The summed E-state index contributed by atoms with van der Waals surface area (Å²) in [5.41, 5.74) is 2.65. The first-order valence-electron chi connectivity index (χ1n) is 3.95. The van der Waals surface area contributed by atoms with Crippen molar-refractivity contribution >= 4 is 22.9 Å². The number of aromatic nitrogens is 4. The van der Waals surface area contributed by atoms with Crippen LogP contribution in [0.5, 0.6) is 0 Å². The van der Waals surface area contributed by atoms with Gasteiger partial charge in [0.1, 0.15) is 11.3 Å². The molecule has 2 rings (SSSR count). The molecule has 0 amide bonds. The van der Waals surface area contributed by atoms with Crippen molar-refractivity contribution in [2.75, 3.05) is 6.26 Å². The molecular formula is C8H10N4S. The standard InChI is InChI=1S/C8H10N4S/c1-4-6-7(11-5(2)10-6)12-8(9-4)13-3/h1-3H3,(H,9,10,11,12). The molecule has 2 aromatic rings. The molecule has 2 aromatic heterocycles. The highest BCUT2D eigenvalue weighted by atomic mass is 32.2. The lowest BCUT2D eigenvalue weighted by Crippen LogP contribution is -1.90. The van der Waals surface area contributed by atoms with E-state index in [1.807, 2.05) is 20.1 Å². The number of rotatable bonds is 1. The summed E-state index contributed by atoms with van der Waals surface area (Å²) in [4.78, 5) is 16.0. The Kier molecular flexibility index (Phi) is 1.95. The molecule has 13 heavy (non-hydrogen) atoms. The van der Waals surface area contributed by atoms with E-state index in [0.717, 1.165) is 27.8 Å². The maximum atomic E-state index is 4.31. The highest BCUT2D eigenvalue weighted by Crippen LogP contribution is 2.16. The molecule has 0 aliphatic heterocycles. The van der Waals surface area contributed by atoms with Crippen LogP contribution in [0.15, 0.2) is 5.16 Å². The summed E-state index contributed by atoms with van der Waals surface area (Å²) in [7, 11) is 0. The predicted molar refractivity (Wildman–Crippen MR) is 52.9 cm³/mol. The fraction of sp³-hybridized carbons (Fsp3) is 0.375. The summed E-state index contributed by atoms with van der Waals surface area (Å²) >= 11 is 1.53. The van der Waals surface area contributed by atoms with Gasteiger partial charge in [-0.2, -0.15) is 0 Å². The van der Waals surface area contributed by atoms with E-state index in [2.05, 4.69) is 19.9 Å². The molecule has 0 radical (unpaired) electrons. The normalized spacial score (nSPS) is 11.0. The number of aryl methyl sites for hydroxylation is 2. The number of hydrogen-bond acceptors (Lipinski definition) is 4. The second-order valence-electron chi connectivity index (χ2n) is 2.82. The lowest BCUT2D eigenvalue weighted by Gasteiger charge is -1.96. The highest BCUT2D eigenvalue weighted by molar-refractivity contribution is 7.98. The number of aromatic amines is 1. The third-order valence-electron chi connectivity index (χ3n) is 1.81.